The number of carbonyl (C=O) groups is 1. The summed E-state index contributed by atoms with van der Waals surface area (Å²) in [4.78, 5) is 24.5. The van der Waals surface area contributed by atoms with Crippen LogP contribution in [0, 0.1) is 10.1 Å². The molecular formula is C13H14N4O4. The molecule has 1 saturated carbocycles. The van der Waals surface area contributed by atoms with Gasteiger partial charge in [0.2, 0.25) is 0 Å². The standard InChI is InChI=1S/C13H14N4O4/c18-6-5-16(8-1-2-8)13(19)12-10-7-9(17(20)21)3-4-11(10)14-15-12/h3-4,7-8,18H,1-2,5-6H2,(H,14,15). The first-order valence-corrected chi connectivity index (χ1v) is 6.66. The molecular weight excluding hydrogens is 276 g/mol. The summed E-state index contributed by atoms with van der Waals surface area (Å²) in [6.45, 7) is 0.123. The predicted octanol–water partition coefficient (Wildman–Crippen LogP) is 1.07. The van der Waals surface area contributed by atoms with Crippen molar-refractivity contribution in [3.8, 4) is 0 Å². The summed E-state index contributed by atoms with van der Waals surface area (Å²) in [7, 11) is 0. The highest BCUT2D eigenvalue weighted by Gasteiger charge is 2.34. The average Bonchev–Trinajstić information content (AvgIpc) is 3.22. The lowest BCUT2D eigenvalue weighted by atomic mass is 10.1. The van der Waals surface area contributed by atoms with Gasteiger partial charge in [0.05, 0.1) is 17.0 Å². The molecule has 0 spiro atoms. The molecule has 2 N–H and O–H groups in total. The normalized spacial score (nSPS) is 14.3. The van der Waals surface area contributed by atoms with Gasteiger partial charge in [0, 0.05) is 30.1 Å². The Bertz CT molecular complexity index is 707. The molecule has 1 amide bonds. The van der Waals surface area contributed by atoms with Crippen LogP contribution in [0.1, 0.15) is 23.3 Å². The number of non-ortho nitro benzene ring substituents is 1. The Morgan fingerprint density at radius 2 is 2.29 bits per heavy atom. The van der Waals surface area contributed by atoms with Gasteiger partial charge >= 0.3 is 0 Å². The molecule has 1 aromatic carbocycles. The van der Waals surface area contributed by atoms with E-state index in [0.717, 1.165) is 12.8 Å². The summed E-state index contributed by atoms with van der Waals surface area (Å²) < 4.78 is 0. The van der Waals surface area contributed by atoms with E-state index in [1.807, 2.05) is 0 Å². The van der Waals surface area contributed by atoms with Crippen LogP contribution in [0.4, 0.5) is 5.69 Å². The highest BCUT2D eigenvalue weighted by molar-refractivity contribution is 6.05. The number of fused-ring (bicyclic) bond motifs is 1. The number of hydrogen-bond donors (Lipinski definition) is 2. The van der Waals surface area contributed by atoms with E-state index in [-0.39, 0.29) is 36.5 Å². The quantitative estimate of drug-likeness (QED) is 0.631. The van der Waals surface area contributed by atoms with Crippen LogP contribution in [0.5, 0.6) is 0 Å². The van der Waals surface area contributed by atoms with E-state index in [4.69, 9.17) is 5.11 Å². The highest BCUT2D eigenvalue weighted by Crippen LogP contribution is 2.29. The number of hydrogen-bond acceptors (Lipinski definition) is 5. The second kappa shape index (κ2) is 5.13. The molecule has 0 saturated heterocycles. The van der Waals surface area contributed by atoms with Crippen LogP contribution < -0.4 is 0 Å². The van der Waals surface area contributed by atoms with E-state index in [9.17, 15) is 14.9 Å². The lowest BCUT2D eigenvalue weighted by Crippen LogP contribution is -2.35. The molecule has 1 heterocycles. The van der Waals surface area contributed by atoms with E-state index in [1.165, 1.54) is 18.2 Å². The highest BCUT2D eigenvalue weighted by atomic mass is 16.6. The molecule has 0 radical (unpaired) electrons. The predicted molar refractivity (Wildman–Crippen MR) is 73.9 cm³/mol. The van der Waals surface area contributed by atoms with Crippen molar-refractivity contribution in [1.82, 2.24) is 15.1 Å². The number of aliphatic hydroxyl groups excluding tert-OH is 1. The molecule has 1 aromatic heterocycles. The van der Waals surface area contributed by atoms with Gasteiger partial charge in [-0.15, -0.1) is 0 Å². The summed E-state index contributed by atoms with van der Waals surface area (Å²) in [6, 6.07) is 4.37. The van der Waals surface area contributed by atoms with Crippen molar-refractivity contribution in [2.75, 3.05) is 13.2 Å². The number of H-pyrrole nitrogens is 1. The summed E-state index contributed by atoms with van der Waals surface area (Å²) in [5.74, 6) is -0.307. The molecule has 3 rings (SSSR count). The van der Waals surface area contributed by atoms with Crippen molar-refractivity contribution >= 4 is 22.5 Å². The third kappa shape index (κ3) is 2.45. The average molecular weight is 290 g/mol. The molecule has 110 valence electrons. The first-order valence-electron chi connectivity index (χ1n) is 6.66. The zero-order chi connectivity index (χ0) is 15.0. The van der Waals surface area contributed by atoms with Crippen LogP contribution in [0.3, 0.4) is 0 Å². The lowest BCUT2D eigenvalue weighted by Gasteiger charge is -2.20. The van der Waals surface area contributed by atoms with Crippen molar-refractivity contribution in [3.05, 3.63) is 34.0 Å². The Balaban J connectivity index is 2.00. The number of nitrogens with one attached hydrogen (secondary N) is 1. The number of aromatic amines is 1. The van der Waals surface area contributed by atoms with Crippen molar-refractivity contribution in [2.45, 2.75) is 18.9 Å². The molecule has 1 fully saturated rings. The molecule has 21 heavy (non-hydrogen) atoms. The second-order valence-electron chi connectivity index (χ2n) is 5.01. The van der Waals surface area contributed by atoms with Crippen molar-refractivity contribution < 1.29 is 14.8 Å². The fraction of sp³-hybridized carbons (Fsp3) is 0.385. The van der Waals surface area contributed by atoms with Crippen molar-refractivity contribution in [2.24, 2.45) is 0 Å². The van der Waals surface area contributed by atoms with Crippen LogP contribution in [0.15, 0.2) is 18.2 Å². The minimum Gasteiger partial charge on any atom is -0.395 e. The third-order valence-electron chi connectivity index (χ3n) is 3.55. The van der Waals surface area contributed by atoms with Gasteiger partial charge in [0.15, 0.2) is 5.69 Å². The molecule has 1 aliphatic carbocycles. The molecule has 0 bridgehead atoms. The molecule has 0 atom stereocenters. The van der Waals surface area contributed by atoms with E-state index < -0.39 is 4.92 Å². The van der Waals surface area contributed by atoms with Crippen LogP contribution in [-0.2, 0) is 0 Å². The van der Waals surface area contributed by atoms with E-state index in [0.29, 0.717) is 10.9 Å². The number of carbonyl (C=O) groups excluding carboxylic acids is 1. The van der Waals surface area contributed by atoms with E-state index >= 15 is 0 Å². The maximum atomic E-state index is 12.5. The molecule has 1 aliphatic rings. The zero-order valence-electron chi connectivity index (χ0n) is 11.2. The van der Waals surface area contributed by atoms with Gasteiger partial charge in [-0.25, -0.2) is 0 Å². The Hall–Kier alpha value is -2.48. The number of aliphatic hydroxyl groups is 1. The first-order chi connectivity index (χ1) is 10.1. The Morgan fingerprint density at radius 1 is 1.52 bits per heavy atom. The maximum Gasteiger partial charge on any atom is 0.275 e. The largest absolute Gasteiger partial charge is 0.395 e. The molecule has 8 nitrogen and oxygen atoms in total. The summed E-state index contributed by atoms with van der Waals surface area (Å²) in [5, 5.41) is 27.1. The summed E-state index contributed by atoms with van der Waals surface area (Å²) in [6.07, 6.45) is 1.82. The maximum absolute atomic E-state index is 12.5. The fourth-order valence-electron chi connectivity index (χ4n) is 2.36. The van der Waals surface area contributed by atoms with Gasteiger partial charge in [0.25, 0.3) is 11.6 Å². The van der Waals surface area contributed by atoms with Gasteiger partial charge in [-0.1, -0.05) is 0 Å². The van der Waals surface area contributed by atoms with Gasteiger partial charge in [-0.3, -0.25) is 20.0 Å². The SMILES string of the molecule is O=C(c1n[nH]c2ccc([N+](=O)[O-])cc12)N(CCO)C1CC1. The Morgan fingerprint density at radius 3 is 2.90 bits per heavy atom. The molecule has 2 aromatic rings. The number of nitrogens with zero attached hydrogens (tertiary/aromatic N) is 3. The smallest absolute Gasteiger partial charge is 0.275 e. The molecule has 8 heteroatoms. The number of nitro benzene ring substituents is 1. The van der Waals surface area contributed by atoms with Gasteiger partial charge in [-0.05, 0) is 18.9 Å². The molecule has 0 aliphatic heterocycles. The fourth-order valence-corrected chi connectivity index (χ4v) is 2.36. The minimum atomic E-state index is -0.507. The van der Waals surface area contributed by atoms with Crippen LogP contribution in [0.25, 0.3) is 10.9 Å². The summed E-state index contributed by atoms with van der Waals surface area (Å²) in [5.41, 5.74) is 0.649. The Kier molecular flexibility index (Phi) is 3.30. The lowest BCUT2D eigenvalue weighted by molar-refractivity contribution is -0.384. The second-order valence-corrected chi connectivity index (χ2v) is 5.01. The minimum absolute atomic E-state index is 0.0851. The van der Waals surface area contributed by atoms with E-state index in [2.05, 4.69) is 10.2 Å². The van der Waals surface area contributed by atoms with Gasteiger partial charge < -0.3 is 10.0 Å². The monoisotopic (exact) mass is 290 g/mol. The number of aromatic nitrogens is 2. The Labute approximate surface area is 119 Å². The number of rotatable bonds is 5. The summed E-state index contributed by atoms with van der Waals surface area (Å²) >= 11 is 0. The van der Waals surface area contributed by atoms with E-state index in [1.54, 1.807) is 4.90 Å². The zero-order valence-corrected chi connectivity index (χ0v) is 11.2. The van der Waals surface area contributed by atoms with Crippen molar-refractivity contribution in [3.63, 3.8) is 0 Å². The van der Waals surface area contributed by atoms with Gasteiger partial charge in [0.1, 0.15) is 0 Å². The van der Waals surface area contributed by atoms with Crippen LogP contribution >= 0.6 is 0 Å². The first kappa shape index (κ1) is 13.5. The van der Waals surface area contributed by atoms with Crippen molar-refractivity contribution in [1.29, 1.82) is 0 Å². The number of benzene rings is 1. The molecule has 0 unspecified atom stereocenters. The van der Waals surface area contributed by atoms with Gasteiger partial charge in [-0.2, -0.15) is 5.10 Å². The third-order valence-corrected chi connectivity index (χ3v) is 3.55. The number of nitro groups is 1. The number of amides is 1. The topological polar surface area (TPSA) is 112 Å². The van der Waals surface area contributed by atoms with Crippen LogP contribution in [0.2, 0.25) is 0 Å². The van der Waals surface area contributed by atoms with Crippen LogP contribution in [-0.4, -0.2) is 50.2 Å².